The highest BCUT2D eigenvalue weighted by Crippen LogP contribution is 2.19. The van der Waals surface area contributed by atoms with E-state index in [4.69, 9.17) is 0 Å². The van der Waals surface area contributed by atoms with Crippen LogP contribution in [-0.4, -0.2) is 27.3 Å². The predicted molar refractivity (Wildman–Crippen MR) is 113 cm³/mol. The summed E-state index contributed by atoms with van der Waals surface area (Å²) in [6, 6.07) is 22.0. The molecule has 0 spiro atoms. The monoisotopic (exact) mass is 387 g/mol. The van der Waals surface area contributed by atoms with Crippen LogP contribution in [0.25, 0.3) is 11.0 Å². The first-order valence-electron chi connectivity index (χ1n) is 9.29. The maximum absolute atomic E-state index is 13.2. The van der Waals surface area contributed by atoms with Crippen LogP contribution in [0.1, 0.15) is 25.8 Å². The quantitative estimate of drug-likeness (QED) is 0.473. The van der Waals surface area contributed by atoms with Crippen molar-refractivity contribution in [2.24, 2.45) is 0 Å². The summed E-state index contributed by atoms with van der Waals surface area (Å²) in [7, 11) is 0. The topological polar surface area (TPSA) is 46.1 Å². The van der Waals surface area contributed by atoms with Gasteiger partial charge in [-0.2, -0.15) is 0 Å². The van der Waals surface area contributed by atoms with E-state index in [9.17, 15) is 4.79 Å². The average molecular weight is 388 g/mol. The van der Waals surface area contributed by atoms with Crippen molar-refractivity contribution in [1.29, 1.82) is 0 Å². The van der Waals surface area contributed by atoms with Gasteiger partial charge in [0.15, 0.2) is 0 Å². The van der Waals surface area contributed by atoms with Crippen molar-refractivity contribution in [2.75, 3.05) is 6.54 Å². The first-order chi connectivity index (χ1) is 13.7. The van der Waals surface area contributed by atoms with Gasteiger partial charge in [0.25, 0.3) is 5.91 Å². The highest BCUT2D eigenvalue weighted by molar-refractivity contribution is 7.11. The summed E-state index contributed by atoms with van der Waals surface area (Å²) in [4.78, 5) is 26.5. The molecule has 0 aliphatic rings. The Balaban J connectivity index is 1.59. The number of nitrogens with zero attached hydrogens (tertiary/aromatic N) is 3. The number of aryl methyl sites for hydroxylation is 1. The van der Waals surface area contributed by atoms with Crippen molar-refractivity contribution in [2.45, 2.75) is 19.9 Å². The van der Waals surface area contributed by atoms with Crippen molar-refractivity contribution in [3.63, 3.8) is 0 Å². The predicted octanol–water partition coefficient (Wildman–Crippen LogP) is 4.88. The van der Waals surface area contributed by atoms with Crippen LogP contribution in [0.5, 0.6) is 0 Å². The number of aromatic nitrogens is 2. The lowest BCUT2D eigenvalue weighted by Gasteiger charge is -2.22. The molecule has 4 nitrogen and oxygen atoms in total. The molecule has 0 radical (unpaired) electrons. The maximum Gasteiger partial charge on any atom is 0.274 e. The first-order valence-corrected chi connectivity index (χ1v) is 10.1. The molecule has 0 unspecified atom stereocenters. The van der Waals surface area contributed by atoms with E-state index < -0.39 is 0 Å². The van der Waals surface area contributed by atoms with Crippen LogP contribution < -0.4 is 0 Å². The van der Waals surface area contributed by atoms with Gasteiger partial charge >= 0.3 is 0 Å². The third kappa shape index (κ3) is 4.26. The molecule has 2 aromatic heterocycles. The van der Waals surface area contributed by atoms with Crippen LogP contribution in [-0.2, 0) is 13.0 Å². The Kier molecular flexibility index (Phi) is 5.44. The number of para-hydroxylation sites is 2. The van der Waals surface area contributed by atoms with Crippen LogP contribution in [0.3, 0.4) is 0 Å². The molecule has 0 saturated carbocycles. The largest absolute Gasteiger partial charge is 0.332 e. The summed E-state index contributed by atoms with van der Waals surface area (Å²) in [5.74, 6) is -0.0831. The van der Waals surface area contributed by atoms with Crippen LogP contribution in [0.15, 0.2) is 72.9 Å². The molecule has 0 saturated heterocycles. The van der Waals surface area contributed by atoms with Crippen molar-refractivity contribution in [1.82, 2.24) is 14.9 Å². The lowest BCUT2D eigenvalue weighted by molar-refractivity contribution is 0.0741. The molecular weight excluding hydrogens is 366 g/mol. The number of hydrogen-bond acceptors (Lipinski definition) is 4. The molecule has 5 heteroatoms. The van der Waals surface area contributed by atoms with Gasteiger partial charge in [0.1, 0.15) is 5.69 Å². The lowest BCUT2D eigenvalue weighted by atomic mass is 10.1. The van der Waals surface area contributed by atoms with E-state index in [-0.39, 0.29) is 5.91 Å². The molecule has 2 aromatic carbocycles. The summed E-state index contributed by atoms with van der Waals surface area (Å²) < 4.78 is 0. The Morgan fingerprint density at radius 2 is 1.71 bits per heavy atom. The number of rotatable bonds is 6. The average Bonchev–Trinajstić information content (AvgIpc) is 3.15. The number of amides is 1. The molecule has 0 N–H and O–H groups in total. The minimum atomic E-state index is -0.0831. The molecule has 0 bridgehead atoms. The Hall–Kier alpha value is -3.05. The van der Waals surface area contributed by atoms with Gasteiger partial charge in [0.05, 0.1) is 23.8 Å². The lowest BCUT2D eigenvalue weighted by Crippen LogP contribution is -2.33. The van der Waals surface area contributed by atoms with Crippen LogP contribution >= 0.6 is 11.3 Å². The van der Waals surface area contributed by atoms with Crippen LogP contribution in [0.4, 0.5) is 0 Å². The third-order valence-electron chi connectivity index (χ3n) is 4.61. The molecule has 2 heterocycles. The standard InChI is InChI=1S/C23H21N3OS/c1-17-11-12-19(28-17)16-26(14-13-18-7-3-2-4-8-18)23(27)22-15-24-20-9-5-6-10-21(20)25-22/h2-12,15H,13-14,16H2,1H3. The number of thiophene rings is 1. The van der Waals surface area contributed by atoms with Gasteiger partial charge in [-0.15, -0.1) is 11.3 Å². The summed E-state index contributed by atoms with van der Waals surface area (Å²) in [5, 5.41) is 0. The highest BCUT2D eigenvalue weighted by Gasteiger charge is 2.19. The zero-order valence-electron chi connectivity index (χ0n) is 15.7. The Morgan fingerprint density at radius 1 is 0.964 bits per heavy atom. The summed E-state index contributed by atoms with van der Waals surface area (Å²) in [6.45, 7) is 3.30. The summed E-state index contributed by atoms with van der Waals surface area (Å²) in [5.41, 5.74) is 3.14. The second-order valence-corrected chi connectivity index (χ2v) is 8.09. The van der Waals surface area contributed by atoms with Crippen molar-refractivity contribution >= 4 is 28.3 Å². The van der Waals surface area contributed by atoms with E-state index in [2.05, 4.69) is 41.2 Å². The molecule has 0 aliphatic carbocycles. The van der Waals surface area contributed by atoms with Gasteiger partial charge in [0, 0.05) is 16.3 Å². The number of hydrogen-bond donors (Lipinski definition) is 0. The number of benzene rings is 2. The Labute approximate surface area is 168 Å². The highest BCUT2D eigenvalue weighted by atomic mass is 32.1. The second kappa shape index (κ2) is 8.31. The fraction of sp³-hybridized carbons (Fsp3) is 0.174. The van der Waals surface area contributed by atoms with E-state index >= 15 is 0 Å². The molecule has 28 heavy (non-hydrogen) atoms. The minimum absolute atomic E-state index is 0.0831. The van der Waals surface area contributed by atoms with Gasteiger partial charge < -0.3 is 4.90 Å². The molecule has 4 rings (SSSR count). The smallest absolute Gasteiger partial charge is 0.274 e. The number of fused-ring (bicyclic) bond motifs is 1. The summed E-state index contributed by atoms with van der Waals surface area (Å²) >= 11 is 1.72. The molecule has 0 fully saturated rings. The molecule has 1 amide bonds. The van der Waals surface area contributed by atoms with Gasteiger partial charge in [0.2, 0.25) is 0 Å². The number of carbonyl (C=O) groups excluding carboxylic acids is 1. The molecular formula is C23H21N3OS. The Morgan fingerprint density at radius 3 is 2.46 bits per heavy atom. The first kappa shape index (κ1) is 18.3. The van der Waals surface area contributed by atoms with Gasteiger partial charge in [-0.1, -0.05) is 42.5 Å². The molecule has 140 valence electrons. The third-order valence-corrected chi connectivity index (χ3v) is 5.60. The van der Waals surface area contributed by atoms with Gasteiger partial charge in [-0.05, 0) is 43.2 Å². The van der Waals surface area contributed by atoms with E-state index in [0.717, 1.165) is 17.5 Å². The van der Waals surface area contributed by atoms with Crippen molar-refractivity contribution in [3.05, 3.63) is 93.9 Å². The van der Waals surface area contributed by atoms with E-state index in [0.29, 0.717) is 18.8 Å². The fourth-order valence-electron chi connectivity index (χ4n) is 3.14. The SMILES string of the molecule is Cc1ccc(CN(CCc2ccccc2)C(=O)c2cnc3ccccc3n2)s1. The normalized spacial score (nSPS) is 10.9. The molecule has 0 aliphatic heterocycles. The van der Waals surface area contributed by atoms with Crippen LogP contribution in [0, 0.1) is 6.92 Å². The van der Waals surface area contributed by atoms with Crippen molar-refractivity contribution in [3.8, 4) is 0 Å². The molecule has 0 atom stereocenters. The fourth-order valence-corrected chi connectivity index (χ4v) is 4.05. The minimum Gasteiger partial charge on any atom is -0.332 e. The van der Waals surface area contributed by atoms with Crippen LogP contribution in [0.2, 0.25) is 0 Å². The maximum atomic E-state index is 13.2. The zero-order valence-corrected chi connectivity index (χ0v) is 16.5. The molecule has 4 aromatic rings. The van der Waals surface area contributed by atoms with Crippen molar-refractivity contribution < 1.29 is 4.79 Å². The van der Waals surface area contributed by atoms with Gasteiger partial charge in [-0.25, -0.2) is 4.98 Å². The van der Waals surface area contributed by atoms with Gasteiger partial charge in [-0.3, -0.25) is 9.78 Å². The number of carbonyl (C=O) groups is 1. The second-order valence-electron chi connectivity index (χ2n) is 6.72. The summed E-state index contributed by atoms with van der Waals surface area (Å²) in [6.07, 6.45) is 2.39. The Bertz CT molecular complexity index is 1090. The van der Waals surface area contributed by atoms with E-state index in [1.54, 1.807) is 17.5 Å². The van der Waals surface area contributed by atoms with E-state index in [1.165, 1.54) is 15.3 Å². The van der Waals surface area contributed by atoms with E-state index in [1.807, 2.05) is 47.4 Å². The zero-order chi connectivity index (χ0) is 19.3.